The van der Waals surface area contributed by atoms with Crippen LogP contribution < -0.4 is 4.90 Å². The van der Waals surface area contributed by atoms with E-state index in [4.69, 9.17) is 0 Å². The Balaban J connectivity index is 2.56. The lowest BCUT2D eigenvalue weighted by Crippen LogP contribution is -2.12. The number of benzene rings is 2. The molecule has 0 aromatic heterocycles. The average molecular weight is 333 g/mol. The second-order valence-corrected chi connectivity index (χ2v) is 5.20. The van der Waals surface area contributed by atoms with Crippen molar-refractivity contribution < 1.29 is 26.3 Å². The lowest BCUT2D eigenvalue weighted by Gasteiger charge is -2.20. The first kappa shape index (κ1) is 17.2. The third-order valence-corrected chi connectivity index (χ3v) is 3.33. The van der Waals surface area contributed by atoms with E-state index in [1.54, 1.807) is 19.0 Å². The van der Waals surface area contributed by atoms with Crippen molar-refractivity contribution in [2.45, 2.75) is 12.4 Å². The van der Waals surface area contributed by atoms with Crippen molar-refractivity contribution in [2.24, 2.45) is 0 Å². The van der Waals surface area contributed by atoms with Crippen molar-refractivity contribution in [1.29, 1.82) is 0 Å². The second-order valence-electron chi connectivity index (χ2n) is 5.20. The number of rotatable bonds is 2. The summed E-state index contributed by atoms with van der Waals surface area (Å²) in [6.45, 7) is 0. The van der Waals surface area contributed by atoms with E-state index in [2.05, 4.69) is 0 Å². The maximum absolute atomic E-state index is 12.9. The molecule has 0 spiro atoms. The van der Waals surface area contributed by atoms with Gasteiger partial charge in [-0.25, -0.2) is 0 Å². The molecule has 0 aliphatic heterocycles. The molecular formula is C16H13F6N. The largest absolute Gasteiger partial charge is 0.416 e. The SMILES string of the molecule is CN(C)c1ccc(C(F)(F)F)cc1-c1ccc(C(F)(F)F)cc1. The molecule has 0 unspecified atom stereocenters. The van der Waals surface area contributed by atoms with Crippen molar-refractivity contribution in [3.63, 3.8) is 0 Å². The van der Waals surface area contributed by atoms with Gasteiger partial charge < -0.3 is 4.90 Å². The Morgan fingerprint density at radius 2 is 1.17 bits per heavy atom. The molecule has 0 atom stereocenters. The zero-order valence-corrected chi connectivity index (χ0v) is 12.3. The molecule has 23 heavy (non-hydrogen) atoms. The molecule has 0 amide bonds. The third kappa shape index (κ3) is 3.78. The quantitative estimate of drug-likeness (QED) is 0.660. The maximum atomic E-state index is 12.9. The number of nitrogens with zero attached hydrogens (tertiary/aromatic N) is 1. The van der Waals surface area contributed by atoms with Crippen LogP contribution in [0.5, 0.6) is 0 Å². The highest BCUT2D eigenvalue weighted by Gasteiger charge is 2.32. The van der Waals surface area contributed by atoms with Crippen molar-refractivity contribution >= 4 is 5.69 Å². The van der Waals surface area contributed by atoms with Gasteiger partial charge in [0.2, 0.25) is 0 Å². The van der Waals surface area contributed by atoms with Crippen LogP contribution in [0.25, 0.3) is 11.1 Å². The zero-order valence-electron chi connectivity index (χ0n) is 12.3. The summed E-state index contributed by atoms with van der Waals surface area (Å²) in [5.41, 5.74) is -0.707. The molecule has 0 aliphatic rings. The number of hydrogen-bond donors (Lipinski definition) is 0. The summed E-state index contributed by atoms with van der Waals surface area (Å²) in [4.78, 5) is 1.60. The minimum atomic E-state index is -4.52. The number of hydrogen-bond acceptors (Lipinski definition) is 1. The fraction of sp³-hybridized carbons (Fsp3) is 0.250. The topological polar surface area (TPSA) is 3.24 Å². The van der Waals surface area contributed by atoms with E-state index in [1.165, 1.54) is 18.2 Å². The monoisotopic (exact) mass is 333 g/mol. The van der Waals surface area contributed by atoms with Crippen LogP contribution in [-0.2, 0) is 12.4 Å². The molecule has 2 aromatic rings. The van der Waals surface area contributed by atoms with Crippen LogP contribution in [0.1, 0.15) is 11.1 Å². The van der Waals surface area contributed by atoms with Crippen LogP contribution in [0.3, 0.4) is 0 Å². The molecule has 0 saturated heterocycles. The Morgan fingerprint density at radius 3 is 1.61 bits per heavy atom. The first-order valence-corrected chi connectivity index (χ1v) is 6.56. The van der Waals surface area contributed by atoms with Gasteiger partial charge in [0.1, 0.15) is 0 Å². The van der Waals surface area contributed by atoms with E-state index in [0.717, 1.165) is 24.3 Å². The predicted octanol–water partition coefficient (Wildman–Crippen LogP) is 5.46. The van der Waals surface area contributed by atoms with Gasteiger partial charge in [-0.2, -0.15) is 26.3 Å². The summed E-state index contributed by atoms with van der Waals surface area (Å²) in [6.07, 6.45) is -9.01. The third-order valence-electron chi connectivity index (χ3n) is 3.33. The highest BCUT2D eigenvalue weighted by Crippen LogP contribution is 2.38. The molecule has 0 aliphatic carbocycles. The van der Waals surface area contributed by atoms with E-state index >= 15 is 0 Å². The molecular weight excluding hydrogens is 320 g/mol. The Labute approximate surface area is 129 Å². The van der Waals surface area contributed by atoms with Gasteiger partial charge in [0.05, 0.1) is 11.1 Å². The Morgan fingerprint density at radius 1 is 0.696 bits per heavy atom. The summed E-state index contributed by atoms with van der Waals surface area (Å²) >= 11 is 0. The molecule has 0 bridgehead atoms. The smallest absolute Gasteiger partial charge is 0.377 e. The first-order chi connectivity index (χ1) is 10.5. The van der Waals surface area contributed by atoms with Gasteiger partial charge in [-0.1, -0.05) is 12.1 Å². The molecule has 124 valence electrons. The fourth-order valence-corrected chi connectivity index (χ4v) is 2.17. The van der Waals surface area contributed by atoms with Crippen molar-refractivity contribution in [3.8, 4) is 11.1 Å². The van der Waals surface area contributed by atoms with E-state index in [1.807, 2.05) is 0 Å². The van der Waals surface area contributed by atoms with E-state index in [-0.39, 0.29) is 11.1 Å². The minimum Gasteiger partial charge on any atom is -0.377 e. The summed E-state index contributed by atoms with van der Waals surface area (Å²) in [5.74, 6) is 0. The molecule has 2 rings (SSSR count). The molecule has 7 heteroatoms. The van der Waals surface area contributed by atoms with E-state index in [9.17, 15) is 26.3 Å². The Kier molecular flexibility index (Phi) is 4.32. The predicted molar refractivity (Wildman–Crippen MR) is 76.2 cm³/mol. The second kappa shape index (κ2) is 5.79. The normalized spacial score (nSPS) is 12.3. The van der Waals surface area contributed by atoms with Gasteiger partial charge in [-0.05, 0) is 35.9 Å². The zero-order chi connectivity index (χ0) is 17.4. The van der Waals surface area contributed by atoms with Crippen LogP contribution >= 0.6 is 0 Å². The summed E-state index contributed by atoms with van der Waals surface area (Å²) in [6, 6.07) is 7.25. The molecule has 0 radical (unpaired) electrons. The van der Waals surface area contributed by atoms with Crippen LogP contribution in [0, 0.1) is 0 Å². The number of alkyl halides is 6. The Bertz CT molecular complexity index is 683. The molecule has 0 saturated carbocycles. The lowest BCUT2D eigenvalue weighted by molar-refractivity contribution is -0.138. The first-order valence-electron chi connectivity index (χ1n) is 6.56. The van der Waals surface area contributed by atoms with Gasteiger partial charge in [-0.3, -0.25) is 0 Å². The van der Waals surface area contributed by atoms with Gasteiger partial charge in [0.15, 0.2) is 0 Å². The molecule has 1 nitrogen and oxygen atoms in total. The van der Waals surface area contributed by atoms with Crippen molar-refractivity contribution in [2.75, 3.05) is 19.0 Å². The highest BCUT2D eigenvalue weighted by atomic mass is 19.4. The van der Waals surface area contributed by atoms with Crippen LogP contribution in [0.15, 0.2) is 42.5 Å². The van der Waals surface area contributed by atoms with Crippen LogP contribution in [-0.4, -0.2) is 14.1 Å². The summed E-state index contributed by atoms with van der Waals surface area (Å²) in [5, 5.41) is 0. The van der Waals surface area contributed by atoms with Gasteiger partial charge >= 0.3 is 12.4 Å². The summed E-state index contributed by atoms with van der Waals surface area (Å²) in [7, 11) is 3.30. The lowest BCUT2D eigenvalue weighted by atomic mass is 9.99. The van der Waals surface area contributed by atoms with Crippen LogP contribution in [0.2, 0.25) is 0 Å². The molecule has 2 aromatic carbocycles. The van der Waals surface area contributed by atoms with E-state index < -0.39 is 23.5 Å². The summed E-state index contributed by atoms with van der Waals surface area (Å²) < 4.78 is 76.4. The average Bonchev–Trinajstić information content (AvgIpc) is 2.45. The molecule has 0 heterocycles. The maximum Gasteiger partial charge on any atom is 0.416 e. The van der Waals surface area contributed by atoms with Gasteiger partial charge in [0.25, 0.3) is 0 Å². The van der Waals surface area contributed by atoms with Crippen molar-refractivity contribution in [3.05, 3.63) is 53.6 Å². The Hall–Kier alpha value is -2.18. The molecule has 0 N–H and O–H groups in total. The standard InChI is InChI=1S/C16H13F6N/c1-23(2)14-8-7-12(16(20,21)22)9-13(14)10-3-5-11(6-4-10)15(17,18)19/h3-9H,1-2H3. The minimum absolute atomic E-state index is 0.221. The van der Waals surface area contributed by atoms with E-state index in [0.29, 0.717) is 5.69 Å². The number of anilines is 1. The molecule has 0 fully saturated rings. The fourth-order valence-electron chi connectivity index (χ4n) is 2.17. The highest BCUT2D eigenvalue weighted by molar-refractivity contribution is 5.79. The van der Waals surface area contributed by atoms with Crippen LogP contribution in [0.4, 0.5) is 32.0 Å². The number of halogens is 6. The van der Waals surface area contributed by atoms with Gasteiger partial charge in [-0.15, -0.1) is 0 Å². The van der Waals surface area contributed by atoms with Gasteiger partial charge in [0, 0.05) is 25.3 Å². The van der Waals surface area contributed by atoms with Crippen molar-refractivity contribution in [1.82, 2.24) is 0 Å².